The zero-order valence-electron chi connectivity index (χ0n) is 16.8. The second-order valence-corrected chi connectivity index (χ2v) is 6.74. The van der Waals surface area contributed by atoms with Gasteiger partial charge in [-0.3, -0.25) is 9.59 Å². The Labute approximate surface area is 174 Å². The van der Waals surface area contributed by atoms with Gasteiger partial charge in [-0.1, -0.05) is 30.3 Å². The van der Waals surface area contributed by atoms with Crippen molar-refractivity contribution in [2.24, 2.45) is 0 Å². The number of amides is 2. The van der Waals surface area contributed by atoms with Crippen LogP contribution in [0.3, 0.4) is 0 Å². The number of anilines is 2. The lowest BCUT2D eigenvalue weighted by molar-refractivity contribution is -0.136. The molecule has 0 unspecified atom stereocenters. The molecule has 0 bridgehead atoms. The van der Waals surface area contributed by atoms with Crippen LogP contribution in [0.1, 0.15) is 15.9 Å². The first-order chi connectivity index (χ1) is 14.5. The van der Waals surface area contributed by atoms with E-state index in [4.69, 9.17) is 4.74 Å². The molecule has 0 spiro atoms. The average molecular weight is 409 g/mol. The summed E-state index contributed by atoms with van der Waals surface area (Å²) in [5.41, 5.74) is 2.46. The minimum atomic E-state index is -0.645. The standard InChI is InChI=1S/C22H23N3O5/c1-14-7-3-5-9-17(14)24-20(27)15-8-4-6-10-18(15)23-19-16(22(29)30-2)13-25(11-12-26)21(19)28/h3-10,23,26H,11-13H2,1-2H3,(H,24,27). The Kier molecular flexibility index (Phi) is 6.48. The smallest absolute Gasteiger partial charge is 0.337 e. The van der Waals surface area contributed by atoms with Crippen LogP contribution in [0, 0.1) is 6.92 Å². The molecule has 1 aliphatic heterocycles. The van der Waals surface area contributed by atoms with Crippen LogP contribution >= 0.6 is 0 Å². The largest absolute Gasteiger partial charge is 0.466 e. The molecule has 0 fully saturated rings. The van der Waals surface area contributed by atoms with Crippen LogP contribution in [0.4, 0.5) is 11.4 Å². The Balaban J connectivity index is 1.91. The van der Waals surface area contributed by atoms with Crippen molar-refractivity contribution in [3.63, 3.8) is 0 Å². The molecule has 3 rings (SSSR count). The monoisotopic (exact) mass is 409 g/mol. The first kappa shape index (κ1) is 21.1. The Morgan fingerprint density at radius 2 is 1.77 bits per heavy atom. The number of methoxy groups -OCH3 is 1. The van der Waals surface area contributed by atoms with E-state index in [0.717, 1.165) is 5.56 Å². The van der Waals surface area contributed by atoms with Crippen LogP contribution in [-0.4, -0.2) is 54.6 Å². The zero-order valence-corrected chi connectivity index (χ0v) is 16.8. The lowest BCUT2D eigenvalue weighted by Gasteiger charge is -2.16. The number of nitrogens with one attached hydrogen (secondary N) is 2. The molecule has 0 aromatic heterocycles. The van der Waals surface area contributed by atoms with Gasteiger partial charge in [0.05, 0.1) is 37.1 Å². The SMILES string of the molecule is COC(=O)C1=C(Nc2ccccc2C(=O)Nc2ccccc2C)C(=O)N(CCO)C1. The molecule has 0 saturated carbocycles. The summed E-state index contributed by atoms with van der Waals surface area (Å²) in [5.74, 6) is -1.45. The second kappa shape index (κ2) is 9.23. The molecule has 30 heavy (non-hydrogen) atoms. The summed E-state index contributed by atoms with van der Waals surface area (Å²) >= 11 is 0. The molecule has 0 aliphatic carbocycles. The van der Waals surface area contributed by atoms with Gasteiger partial charge in [-0.15, -0.1) is 0 Å². The van der Waals surface area contributed by atoms with Gasteiger partial charge in [0.15, 0.2) is 0 Å². The molecule has 156 valence electrons. The normalized spacial score (nSPS) is 13.4. The van der Waals surface area contributed by atoms with Crippen molar-refractivity contribution in [2.75, 3.05) is 37.4 Å². The van der Waals surface area contributed by atoms with E-state index in [1.54, 1.807) is 30.3 Å². The summed E-state index contributed by atoms with van der Waals surface area (Å²) in [6.07, 6.45) is 0. The highest BCUT2D eigenvalue weighted by Crippen LogP contribution is 2.25. The summed E-state index contributed by atoms with van der Waals surface area (Å²) in [5, 5.41) is 15.0. The lowest BCUT2D eigenvalue weighted by Crippen LogP contribution is -2.31. The fourth-order valence-electron chi connectivity index (χ4n) is 3.18. The molecular formula is C22H23N3O5. The molecule has 0 saturated heterocycles. The molecule has 2 aromatic carbocycles. The average Bonchev–Trinajstić information content (AvgIpc) is 3.05. The topological polar surface area (TPSA) is 108 Å². The molecule has 8 heteroatoms. The minimum absolute atomic E-state index is 0.0198. The minimum Gasteiger partial charge on any atom is -0.466 e. The first-order valence-electron chi connectivity index (χ1n) is 9.41. The van der Waals surface area contributed by atoms with E-state index in [-0.39, 0.29) is 36.9 Å². The number of aryl methyl sites for hydroxylation is 1. The number of aliphatic hydroxyl groups is 1. The van der Waals surface area contributed by atoms with Crippen molar-refractivity contribution in [1.29, 1.82) is 0 Å². The van der Waals surface area contributed by atoms with Crippen LogP contribution in [-0.2, 0) is 14.3 Å². The fourth-order valence-corrected chi connectivity index (χ4v) is 3.18. The Hall–Kier alpha value is -3.65. The number of hydrogen-bond acceptors (Lipinski definition) is 6. The number of hydrogen-bond donors (Lipinski definition) is 3. The molecule has 8 nitrogen and oxygen atoms in total. The Bertz CT molecular complexity index is 1020. The number of rotatable bonds is 7. The third-order valence-electron chi connectivity index (χ3n) is 4.78. The van der Waals surface area contributed by atoms with Crippen molar-refractivity contribution in [3.8, 4) is 0 Å². The third kappa shape index (κ3) is 4.33. The molecule has 1 heterocycles. The summed E-state index contributed by atoms with van der Waals surface area (Å²) in [7, 11) is 1.23. The van der Waals surface area contributed by atoms with Gasteiger partial charge in [-0.05, 0) is 30.7 Å². The van der Waals surface area contributed by atoms with E-state index < -0.39 is 11.9 Å². The molecule has 1 aliphatic rings. The van der Waals surface area contributed by atoms with E-state index in [1.807, 2.05) is 25.1 Å². The maximum absolute atomic E-state index is 12.9. The molecule has 0 radical (unpaired) electrons. The van der Waals surface area contributed by atoms with E-state index in [9.17, 15) is 19.5 Å². The van der Waals surface area contributed by atoms with Gasteiger partial charge >= 0.3 is 5.97 Å². The number of ether oxygens (including phenoxy) is 1. The van der Waals surface area contributed by atoms with Crippen LogP contribution in [0.15, 0.2) is 59.8 Å². The van der Waals surface area contributed by atoms with E-state index in [1.165, 1.54) is 12.0 Å². The number of β-amino-alcohol motifs (C(OH)–C–C–N with tert-alkyl or cyclic N) is 1. The molecular weight excluding hydrogens is 386 g/mol. The van der Waals surface area contributed by atoms with Crippen LogP contribution < -0.4 is 10.6 Å². The van der Waals surface area contributed by atoms with Gasteiger partial charge < -0.3 is 25.4 Å². The summed E-state index contributed by atoms with van der Waals surface area (Å²) in [4.78, 5) is 39.1. The third-order valence-corrected chi connectivity index (χ3v) is 4.78. The van der Waals surface area contributed by atoms with Gasteiger partial charge in [0, 0.05) is 12.2 Å². The number of carbonyl (C=O) groups is 3. The van der Waals surface area contributed by atoms with Crippen LogP contribution in [0.25, 0.3) is 0 Å². The zero-order chi connectivity index (χ0) is 21.7. The number of aliphatic hydroxyl groups excluding tert-OH is 1. The predicted octanol–water partition coefficient (Wildman–Crippen LogP) is 1.92. The second-order valence-electron chi connectivity index (χ2n) is 6.74. The Morgan fingerprint density at radius 1 is 1.10 bits per heavy atom. The maximum Gasteiger partial charge on any atom is 0.337 e. The summed E-state index contributed by atoms with van der Waals surface area (Å²) < 4.78 is 4.79. The van der Waals surface area contributed by atoms with E-state index in [0.29, 0.717) is 16.9 Å². The van der Waals surface area contributed by atoms with Gasteiger partial charge in [0.25, 0.3) is 11.8 Å². The number of para-hydroxylation sites is 2. The fraction of sp³-hybridized carbons (Fsp3) is 0.227. The predicted molar refractivity (Wildman–Crippen MR) is 112 cm³/mol. The molecule has 3 N–H and O–H groups in total. The summed E-state index contributed by atoms with van der Waals surface area (Å²) in [6.45, 7) is 1.76. The highest BCUT2D eigenvalue weighted by molar-refractivity contribution is 6.12. The number of carbonyl (C=O) groups excluding carboxylic acids is 3. The summed E-state index contributed by atoms with van der Waals surface area (Å²) in [6, 6.07) is 14.1. The van der Waals surface area contributed by atoms with Crippen molar-refractivity contribution in [2.45, 2.75) is 6.92 Å². The van der Waals surface area contributed by atoms with Gasteiger partial charge in [0.1, 0.15) is 5.70 Å². The van der Waals surface area contributed by atoms with Crippen molar-refractivity contribution in [1.82, 2.24) is 4.90 Å². The van der Waals surface area contributed by atoms with E-state index in [2.05, 4.69) is 10.6 Å². The van der Waals surface area contributed by atoms with Crippen molar-refractivity contribution < 1.29 is 24.2 Å². The van der Waals surface area contributed by atoms with Gasteiger partial charge in [-0.2, -0.15) is 0 Å². The highest BCUT2D eigenvalue weighted by Gasteiger charge is 2.34. The molecule has 0 atom stereocenters. The number of esters is 1. The van der Waals surface area contributed by atoms with Gasteiger partial charge in [0.2, 0.25) is 0 Å². The van der Waals surface area contributed by atoms with Crippen LogP contribution in [0.2, 0.25) is 0 Å². The van der Waals surface area contributed by atoms with E-state index >= 15 is 0 Å². The van der Waals surface area contributed by atoms with Crippen molar-refractivity contribution in [3.05, 3.63) is 70.9 Å². The van der Waals surface area contributed by atoms with Gasteiger partial charge in [-0.25, -0.2) is 4.79 Å². The molecule has 2 amide bonds. The van der Waals surface area contributed by atoms with Crippen LogP contribution in [0.5, 0.6) is 0 Å². The maximum atomic E-state index is 12.9. The van der Waals surface area contributed by atoms with Crippen molar-refractivity contribution >= 4 is 29.2 Å². The Morgan fingerprint density at radius 3 is 2.43 bits per heavy atom. The highest BCUT2D eigenvalue weighted by atomic mass is 16.5. The number of benzene rings is 2. The lowest BCUT2D eigenvalue weighted by atomic mass is 10.1. The quantitative estimate of drug-likeness (QED) is 0.603. The first-order valence-corrected chi connectivity index (χ1v) is 9.41. The number of nitrogens with zero attached hydrogens (tertiary/aromatic N) is 1. The molecule has 2 aromatic rings.